The second-order valence-electron chi connectivity index (χ2n) is 8.42. The summed E-state index contributed by atoms with van der Waals surface area (Å²) in [6.45, 7) is 0.249. The minimum atomic E-state index is -0.379. The van der Waals surface area contributed by atoms with E-state index in [0.29, 0.717) is 16.9 Å². The van der Waals surface area contributed by atoms with Gasteiger partial charge in [-0.2, -0.15) is 9.78 Å². The minimum Gasteiger partial charge on any atom is -0.507 e. The third-order valence-electron chi connectivity index (χ3n) is 5.77. The summed E-state index contributed by atoms with van der Waals surface area (Å²) in [6, 6.07) is 12.3. The number of phenols is 1. The average molecular weight is 434 g/mol. The fraction of sp³-hybridized carbons (Fsp3) is 0.292. The van der Waals surface area contributed by atoms with Crippen molar-refractivity contribution in [2.45, 2.75) is 38.1 Å². The van der Waals surface area contributed by atoms with Crippen LogP contribution in [0, 0.1) is 11.7 Å². The monoisotopic (exact) mass is 434 g/mol. The Morgan fingerprint density at radius 1 is 1.06 bits per heavy atom. The zero-order valence-electron chi connectivity index (χ0n) is 17.3. The van der Waals surface area contributed by atoms with Crippen LogP contribution in [0.3, 0.4) is 0 Å². The predicted molar refractivity (Wildman–Crippen MR) is 117 cm³/mol. The SMILES string of the molecule is O=C(Nc1ccc(-c2cc(C3CC3)n(C(=O)NCc3ccc(F)cc3)n2)c(O)c1)C1CC1. The third-order valence-corrected chi connectivity index (χ3v) is 5.77. The number of nitrogens with one attached hydrogen (secondary N) is 2. The Morgan fingerprint density at radius 2 is 1.81 bits per heavy atom. The molecular formula is C24H23FN4O3. The van der Waals surface area contributed by atoms with Gasteiger partial charge in [0, 0.05) is 35.7 Å². The van der Waals surface area contributed by atoms with Crippen molar-refractivity contribution < 1.29 is 19.1 Å². The number of carbonyl (C=O) groups is 2. The van der Waals surface area contributed by atoms with E-state index in [4.69, 9.17) is 0 Å². The van der Waals surface area contributed by atoms with Crippen molar-refractivity contribution in [2.24, 2.45) is 5.92 Å². The maximum Gasteiger partial charge on any atom is 0.342 e. The molecule has 0 radical (unpaired) electrons. The van der Waals surface area contributed by atoms with Crippen molar-refractivity contribution in [3.63, 3.8) is 0 Å². The highest BCUT2D eigenvalue weighted by atomic mass is 19.1. The molecule has 2 fully saturated rings. The minimum absolute atomic E-state index is 0.0164. The average Bonchev–Trinajstić information content (AvgIpc) is 3.70. The second-order valence-corrected chi connectivity index (χ2v) is 8.42. The van der Waals surface area contributed by atoms with Gasteiger partial charge in [0.25, 0.3) is 0 Å². The van der Waals surface area contributed by atoms with E-state index in [1.807, 2.05) is 6.07 Å². The third kappa shape index (κ3) is 4.34. The molecular weight excluding hydrogens is 411 g/mol. The molecule has 2 aliphatic rings. The Kier molecular flexibility index (Phi) is 5.13. The van der Waals surface area contributed by atoms with Gasteiger partial charge in [0.2, 0.25) is 5.91 Å². The molecule has 0 bridgehead atoms. The summed E-state index contributed by atoms with van der Waals surface area (Å²) >= 11 is 0. The van der Waals surface area contributed by atoms with Gasteiger partial charge in [0.05, 0.1) is 11.4 Å². The van der Waals surface area contributed by atoms with Crippen LogP contribution in [0.5, 0.6) is 5.75 Å². The van der Waals surface area contributed by atoms with Crippen molar-refractivity contribution in [1.82, 2.24) is 15.1 Å². The molecule has 7 nitrogen and oxygen atoms in total. The van der Waals surface area contributed by atoms with E-state index in [-0.39, 0.29) is 41.9 Å². The van der Waals surface area contributed by atoms with Crippen molar-refractivity contribution in [1.29, 1.82) is 0 Å². The lowest BCUT2D eigenvalue weighted by atomic mass is 10.1. The Balaban J connectivity index is 1.35. The molecule has 2 aromatic carbocycles. The molecule has 0 unspecified atom stereocenters. The Morgan fingerprint density at radius 3 is 2.47 bits per heavy atom. The van der Waals surface area contributed by atoms with Crippen molar-refractivity contribution in [2.75, 3.05) is 5.32 Å². The molecule has 2 amide bonds. The number of rotatable bonds is 6. The molecule has 164 valence electrons. The molecule has 0 saturated heterocycles. The van der Waals surface area contributed by atoms with E-state index in [1.165, 1.54) is 22.9 Å². The number of anilines is 1. The van der Waals surface area contributed by atoms with E-state index >= 15 is 0 Å². The molecule has 0 spiro atoms. The van der Waals surface area contributed by atoms with Crippen molar-refractivity contribution >= 4 is 17.6 Å². The van der Waals surface area contributed by atoms with E-state index in [1.54, 1.807) is 24.3 Å². The number of aromatic hydroxyl groups is 1. The molecule has 2 saturated carbocycles. The van der Waals surface area contributed by atoms with Crippen LogP contribution in [0.25, 0.3) is 11.3 Å². The number of aromatic nitrogens is 2. The van der Waals surface area contributed by atoms with Crippen molar-refractivity contribution in [3.8, 4) is 17.0 Å². The van der Waals surface area contributed by atoms with Crippen LogP contribution in [-0.4, -0.2) is 26.8 Å². The zero-order valence-corrected chi connectivity index (χ0v) is 17.3. The molecule has 3 N–H and O–H groups in total. The van der Waals surface area contributed by atoms with E-state index in [9.17, 15) is 19.1 Å². The van der Waals surface area contributed by atoms with Crippen LogP contribution in [0.2, 0.25) is 0 Å². The summed E-state index contributed by atoms with van der Waals surface area (Å²) in [4.78, 5) is 24.8. The Hall–Kier alpha value is -3.68. The summed E-state index contributed by atoms with van der Waals surface area (Å²) in [5.41, 5.74) is 3.08. The van der Waals surface area contributed by atoms with Crippen LogP contribution in [-0.2, 0) is 11.3 Å². The van der Waals surface area contributed by atoms with Crippen molar-refractivity contribution in [3.05, 3.63) is 65.6 Å². The summed E-state index contributed by atoms with van der Waals surface area (Å²) in [7, 11) is 0. The number of halogens is 1. The molecule has 2 aliphatic carbocycles. The fourth-order valence-electron chi connectivity index (χ4n) is 3.63. The first-order valence-electron chi connectivity index (χ1n) is 10.7. The van der Waals surface area contributed by atoms with Gasteiger partial charge < -0.3 is 15.7 Å². The van der Waals surface area contributed by atoms with E-state index in [2.05, 4.69) is 15.7 Å². The lowest BCUT2D eigenvalue weighted by molar-refractivity contribution is -0.117. The summed E-state index contributed by atoms with van der Waals surface area (Å²) in [6.07, 6.45) is 3.77. The number of phenolic OH excluding ortho intramolecular Hbond substituents is 1. The molecule has 1 aromatic heterocycles. The smallest absolute Gasteiger partial charge is 0.342 e. The first-order chi connectivity index (χ1) is 15.5. The van der Waals surface area contributed by atoms with Crippen LogP contribution in [0.4, 0.5) is 14.9 Å². The van der Waals surface area contributed by atoms with E-state index < -0.39 is 0 Å². The van der Waals surface area contributed by atoms with Gasteiger partial charge >= 0.3 is 6.03 Å². The van der Waals surface area contributed by atoms with Gasteiger partial charge in [-0.15, -0.1) is 0 Å². The lowest BCUT2D eigenvalue weighted by Crippen LogP contribution is -2.30. The van der Waals surface area contributed by atoms with Gasteiger partial charge in [-0.05, 0) is 61.6 Å². The van der Waals surface area contributed by atoms with Crippen LogP contribution < -0.4 is 10.6 Å². The maximum atomic E-state index is 13.1. The number of amides is 2. The highest BCUT2D eigenvalue weighted by Gasteiger charge is 2.31. The van der Waals surface area contributed by atoms with Crippen LogP contribution >= 0.6 is 0 Å². The second kappa shape index (κ2) is 8.11. The van der Waals surface area contributed by atoms with Gasteiger partial charge in [-0.25, -0.2) is 9.18 Å². The molecule has 5 rings (SSSR count). The van der Waals surface area contributed by atoms with Gasteiger partial charge in [0.15, 0.2) is 0 Å². The highest BCUT2D eigenvalue weighted by Crippen LogP contribution is 2.42. The number of nitrogens with zero attached hydrogens (tertiary/aromatic N) is 2. The van der Waals surface area contributed by atoms with Gasteiger partial charge in [-0.3, -0.25) is 4.79 Å². The quantitative estimate of drug-likeness (QED) is 0.537. The number of carbonyl (C=O) groups excluding carboxylic acids is 2. The molecule has 32 heavy (non-hydrogen) atoms. The number of hydrogen-bond acceptors (Lipinski definition) is 4. The first-order valence-corrected chi connectivity index (χ1v) is 10.7. The predicted octanol–water partition coefficient (Wildman–Crippen LogP) is 4.38. The largest absolute Gasteiger partial charge is 0.507 e. The number of hydrogen-bond donors (Lipinski definition) is 3. The first kappa shape index (κ1) is 20.2. The molecule has 0 atom stereocenters. The molecule has 8 heteroatoms. The topological polar surface area (TPSA) is 96.3 Å². The van der Waals surface area contributed by atoms with Crippen LogP contribution in [0.1, 0.15) is 42.9 Å². The Labute approximate surface area is 184 Å². The maximum absolute atomic E-state index is 13.1. The fourth-order valence-corrected chi connectivity index (χ4v) is 3.63. The van der Waals surface area contributed by atoms with Gasteiger partial charge in [0.1, 0.15) is 11.6 Å². The lowest BCUT2D eigenvalue weighted by Gasteiger charge is -2.08. The van der Waals surface area contributed by atoms with Gasteiger partial charge in [-0.1, -0.05) is 12.1 Å². The molecule has 0 aliphatic heterocycles. The summed E-state index contributed by atoms with van der Waals surface area (Å²) in [5, 5.41) is 20.6. The summed E-state index contributed by atoms with van der Waals surface area (Å²) < 4.78 is 14.4. The zero-order chi connectivity index (χ0) is 22.2. The standard InChI is InChI=1S/C24H23FN4O3/c25-17-7-1-14(2-8-17)13-26-24(32)29-21(15-3-4-15)12-20(28-29)19-10-9-18(11-22(19)30)27-23(31)16-5-6-16/h1-2,7-12,15-16,30H,3-6,13H2,(H,26,32)(H,27,31). The van der Waals surface area contributed by atoms with Crippen LogP contribution in [0.15, 0.2) is 48.5 Å². The molecule has 1 heterocycles. The Bertz CT molecular complexity index is 1180. The highest BCUT2D eigenvalue weighted by molar-refractivity contribution is 5.94. The normalized spacial score (nSPS) is 15.4. The number of benzene rings is 2. The summed E-state index contributed by atoms with van der Waals surface area (Å²) in [5.74, 6) is -0.0487. The van der Waals surface area contributed by atoms with E-state index in [0.717, 1.165) is 36.9 Å². The molecule has 3 aromatic rings.